The fraction of sp³-hybridized carbons (Fsp3) is 0.484. The van der Waals surface area contributed by atoms with E-state index in [1.54, 1.807) is 17.1 Å². The van der Waals surface area contributed by atoms with Crippen molar-refractivity contribution in [2.75, 3.05) is 49.1 Å². The maximum absolute atomic E-state index is 15.7. The number of hydrogen-bond acceptors (Lipinski definition) is 7. The summed E-state index contributed by atoms with van der Waals surface area (Å²) in [6.07, 6.45) is 9.76. The third kappa shape index (κ3) is 5.33. The lowest BCUT2D eigenvalue weighted by atomic mass is 9.82. The van der Waals surface area contributed by atoms with Crippen LogP contribution < -0.4 is 21.7 Å². The van der Waals surface area contributed by atoms with Crippen molar-refractivity contribution in [2.24, 2.45) is 0 Å². The minimum absolute atomic E-state index is 0.00784. The van der Waals surface area contributed by atoms with E-state index in [0.717, 1.165) is 62.7 Å². The molecule has 1 atom stereocenters. The van der Waals surface area contributed by atoms with Gasteiger partial charge in [-0.25, -0.2) is 9.07 Å². The van der Waals surface area contributed by atoms with Gasteiger partial charge in [0.1, 0.15) is 17.6 Å². The van der Waals surface area contributed by atoms with E-state index >= 15 is 4.39 Å². The molecule has 1 aliphatic carbocycles. The van der Waals surface area contributed by atoms with E-state index in [2.05, 4.69) is 26.0 Å². The van der Waals surface area contributed by atoms with Crippen LogP contribution in [0.3, 0.4) is 0 Å². The highest BCUT2D eigenvalue weighted by atomic mass is 19.1. The third-order valence-corrected chi connectivity index (χ3v) is 8.98. The number of fused-ring (bicyclic) bond motifs is 2. The molecule has 4 heterocycles. The fourth-order valence-corrected chi connectivity index (χ4v) is 6.65. The lowest BCUT2D eigenvalue weighted by molar-refractivity contribution is 0.0735. The molecule has 0 radical (unpaired) electrons. The monoisotopic (exact) mass is 574 g/mol. The van der Waals surface area contributed by atoms with Crippen molar-refractivity contribution in [1.82, 2.24) is 25.0 Å². The van der Waals surface area contributed by atoms with Gasteiger partial charge < -0.3 is 26.6 Å². The molecular weight excluding hydrogens is 535 g/mol. The predicted octanol–water partition coefficient (Wildman–Crippen LogP) is 4.42. The molecule has 1 aromatic carbocycles. The Hall–Kier alpha value is -3.99. The van der Waals surface area contributed by atoms with Crippen LogP contribution in [0.4, 0.5) is 21.7 Å². The van der Waals surface area contributed by atoms with Crippen molar-refractivity contribution in [3.05, 3.63) is 53.9 Å². The van der Waals surface area contributed by atoms with Gasteiger partial charge in [0.15, 0.2) is 5.82 Å². The summed E-state index contributed by atoms with van der Waals surface area (Å²) in [5.41, 5.74) is 8.47. The van der Waals surface area contributed by atoms with E-state index in [4.69, 9.17) is 5.73 Å². The summed E-state index contributed by atoms with van der Waals surface area (Å²) in [7, 11) is 0. The van der Waals surface area contributed by atoms with Crippen LogP contribution in [-0.2, 0) is 5.54 Å². The average Bonchev–Trinajstić information content (AvgIpc) is 3.42. The Morgan fingerprint density at radius 3 is 2.40 bits per heavy atom. The highest BCUT2D eigenvalue weighted by Crippen LogP contribution is 2.43. The first-order valence-electron chi connectivity index (χ1n) is 15.1. The second-order valence-corrected chi connectivity index (χ2v) is 11.6. The van der Waals surface area contributed by atoms with Crippen molar-refractivity contribution >= 4 is 29.1 Å². The Bertz CT molecular complexity index is 1420. The van der Waals surface area contributed by atoms with Crippen molar-refractivity contribution in [3.8, 4) is 11.1 Å². The minimum Gasteiger partial charge on any atom is -0.381 e. The van der Waals surface area contributed by atoms with E-state index in [1.807, 2.05) is 35.2 Å². The Labute approximate surface area is 245 Å². The van der Waals surface area contributed by atoms with Crippen molar-refractivity contribution < 1.29 is 14.0 Å². The topological polar surface area (TPSA) is 130 Å². The number of nitrogens with two attached hydrogens (primary N) is 1. The second-order valence-electron chi connectivity index (χ2n) is 11.6. The molecule has 1 unspecified atom stereocenters. The molecule has 5 N–H and O–H groups in total. The molecule has 3 aliphatic rings. The summed E-state index contributed by atoms with van der Waals surface area (Å²) in [6, 6.07) is 9.19. The largest absolute Gasteiger partial charge is 0.381 e. The molecule has 222 valence electrons. The Kier molecular flexibility index (Phi) is 8.10. The van der Waals surface area contributed by atoms with Crippen LogP contribution >= 0.6 is 0 Å². The van der Waals surface area contributed by atoms with E-state index in [9.17, 15) is 9.59 Å². The van der Waals surface area contributed by atoms with Gasteiger partial charge in [-0.3, -0.25) is 14.6 Å². The number of aromatic nitrogens is 3. The Morgan fingerprint density at radius 2 is 1.69 bits per heavy atom. The maximum Gasteiger partial charge on any atom is 0.263 e. The maximum atomic E-state index is 15.7. The number of pyridine rings is 1. The molecule has 3 aromatic rings. The first-order valence-corrected chi connectivity index (χ1v) is 15.1. The van der Waals surface area contributed by atoms with Crippen LogP contribution in [0.1, 0.15) is 72.1 Å². The number of anilines is 3. The molecule has 11 heteroatoms. The first kappa shape index (κ1) is 28.1. The zero-order valence-electron chi connectivity index (χ0n) is 23.9. The summed E-state index contributed by atoms with van der Waals surface area (Å²) in [5, 5.41) is 13.9. The standard InChI is InChI=1S/C31H39FN8O2/c32-25-20-36-28-26(27(33)38-40(28)31(25)12-5-3-1-2-4-6-13-31)29(41)37-24-19-35-14-11-23(24)21-7-9-22(10-8-21)30(42)39-17-15-34-16-18-39/h7-11,14,19,25,34,36H,1-6,12-13,15-18,20H2,(H2,33,38)(H,37,41). The SMILES string of the molecule is Nc1nn2c(c1C(=O)Nc1cnccc1-c1ccc(C(=O)N3CCNCC3)cc1)NCC(F)C21CCCCCCCC1. The van der Waals surface area contributed by atoms with Crippen molar-refractivity contribution in [2.45, 2.75) is 63.1 Å². The zero-order chi connectivity index (χ0) is 29.1. The number of halogens is 1. The number of amides is 2. The van der Waals surface area contributed by atoms with Crippen LogP contribution in [0.25, 0.3) is 11.1 Å². The lowest BCUT2D eigenvalue weighted by Gasteiger charge is -2.42. The molecule has 10 nitrogen and oxygen atoms in total. The highest BCUT2D eigenvalue weighted by molar-refractivity contribution is 6.12. The lowest BCUT2D eigenvalue weighted by Crippen LogP contribution is -2.51. The molecule has 42 heavy (non-hydrogen) atoms. The van der Waals surface area contributed by atoms with Gasteiger partial charge in [-0.15, -0.1) is 0 Å². The van der Waals surface area contributed by atoms with Crippen LogP contribution in [0.2, 0.25) is 0 Å². The molecular formula is C31H39FN8O2. The van der Waals surface area contributed by atoms with E-state index in [-0.39, 0.29) is 23.8 Å². The van der Waals surface area contributed by atoms with E-state index in [1.165, 1.54) is 0 Å². The van der Waals surface area contributed by atoms with Crippen molar-refractivity contribution in [3.63, 3.8) is 0 Å². The molecule has 2 aromatic heterocycles. The Morgan fingerprint density at radius 1 is 1.00 bits per heavy atom. The molecule has 1 saturated carbocycles. The Balaban J connectivity index is 1.26. The number of nitrogens with zero attached hydrogens (tertiary/aromatic N) is 4. The molecule has 6 rings (SSSR count). The molecule has 2 fully saturated rings. The molecule has 2 aliphatic heterocycles. The van der Waals surface area contributed by atoms with Gasteiger partial charge in [-0.05, 0) is 36.6 Å². The summed E-state index contributed by atoms with van der Waals surface area (Å²) < 4.78 is 17.3. The number of carbonyl (C=O) groups excluding carboxylic acids is 2. The van der Waals surface area contributed by atoms with Crippen molar-refractivity contribution in [1.29, 1.82) is 0 Å². The van der Waals surface area contributed by atoms with E-state index < -0.39 is 17.6 Å². The van der Waals surface area contributed by atoms with Gasteiger partial charge >= 0.3 is 0 Å². The van der Waals surface area contributed by atoms with Gasteiger partial charge in [0.25, 0.3) is 11.8 Å². The van der Waals surface area contributed by atoms with Gasteiger partial charge in [0.2, 0.25) is 0 Å². The number of benzene rings is 1. The average molecular weight is 575 g/mol. The molecule has 1 spiro atoms. The van der Waals surface area contributed by atoms with Gasteiger partial charge in [0, 0.05) is 50.0 Å². The molecule has 1 saturated heterocycles. The quantitative estimate of drug-likeness (QED) is 0.363. The van der Waals surface area contributed by atoms with Crippen LogP contribution in [0, 0.1) is 0 Å². The van der Waals surface area contributed by atoms with Crippen LogP contribution in [0.5, 0.6) is 0 Å². The summed E-state index contributed by atoms with van der Waals surface area (Å²) in [4.78, 5) is 32.7. The van der Waals surface area contributed by atoms with Gasteiger partial charge in [-0.2, -0.15) is 5.10 Å². The summed E-state index contributed by atoms with van der Waals surface area (Å²) in [5.74, 6) is 0.119. The zero-order valence-corrected chi connectivity index (χ0v) is 23.9. The van der Waals surface area contributed by atoms with Crippen LogP contribution in [-0.4, -0.2) is 70.4 Å². The number of rotatable bonds is 4. The fourth-order valence-electron chi connectivity index (χ4n) is 6.65. The number of hydrogen-bond donors (Lipinski definition) is 4. The number of nitrogen functional groups attached to an aromatic ring is 1. The third-order valence-electron chi connectivity index (χ3n) is 8.98. The normalized spacial score (nSPS) is 20.5. The summed E-state index contributed by atoms with van der Waals surface area (Å²) >= 11 is 0. The van der Waals surface area contributed by atoms with E-state index in [0.29, 0.717) is 43.0 Å². The number of carbonyl (C=O) groups is 2. The van der Waals surface area contributed by atoms with Crippen LogP contribution in [0.15, 0.2) is 42.7 Å². The second kappa shape index (κ2) is 12.1. The van der Waals surface area contributed by atoms with Gasteiger partial charge in [-0.1, -0.05) is 50.7 Å². The minimum atomic E-state index is -1.12. The molecule has 2 amide bonds. The summed E-state index contributed by atoms with van der Waals surface area (Å²) in [6.45, 7) is 3.07. The number of nitrogens with one attached hydrogen (secondary N) is 3. The number of alkyl halides is 1. The first-order chi connectivity index (χ1) is 20.5. The molecule has 0 bridgehead atoms. The van der Waals surface area contributed by atoms with Gasteiger partial charge in [0.05, 0.1) is 17.4 Å². The predicted molar refractivity (Wildman–Crippen MR) is 161 cm³/mol. The highest BCUT2D eigenvalue weighted by Gasteiger charge is 2.47. The number of piperazine rings is 1. The smallest absolute Gasteiger partial charge is 0.263 e.